The number of aromatic carboxylic acids is 1. The number of rotatable bonds is 3. The number of benzene rings is 2. The lowest BCUT2D eigenvalue weighted by atomic mass is 10.1. The van der Waals surface area contributed by atoms with E-state index in [1.165, 1.54) is 18.2 Å². The number of halogens is 2. The summed E-state index contributed by atoms with van der Waals surface area (Å²) >= 11 is 3.16. The molecule has 21 heavy (non-hydrogen) atoms. The van der Waals surface area contributed by atoms with E-state index in [1.54, 1.807) is 19.1 Å². The minimum atomic E-state index is -1.14. The summed E-state index contributed by atoms with van der Waals surface area (Å²) in [6.07, 6.45) is 0. The van der Waals surface area contributed by atoms with Crippen molar-refractivity contribution in [3.05, 3.63) is 63.4 Å². The molecule has 2 aromatic rings. The highest BCUT2D eigenvalue weighted by Gasteiger charge is 2.17. The van der Waals surface area contributed by atoms with Gasteiger partial charge in [-0.3, -0.25) is 4.79 Å². The Hall–Kier alpha value is -2.21. The number of hydrogen-bond donors (Lipinski definition) is 2. The minimum Gasteiger partial charge on any atom is -0.478 e. The molecular formula is C15H11BrFNO3. The molecule has 108 valence electrons. The fourth-order valence-electron chi connectivity index (χ4n) is 1.92. The van der Waals surface area contributed by atoms with Crippen LogP contribution in [0.15, 0.2) is 40.9 Å². The number of hydrogen-bond acceptors (Lipinski definition) is 2. The molecule has 0 saturated carbocycles. The number of nitrogens with one attached hydrogen (secondary N) is 1. The summed E-state index contributed by atoms with van der Waals surface area (Å²) in [6, 6.07) is 8.47. The lowest BCUT2D eigenvalue weighted by Gasteiger charge is -2.11. The summed E-state index contributed by atoms with van der Waals surface area (Å²) in [5, 5.41) is 11.7. The van der Waals surface area contributed by atoms with Crippen LogP contribution in [0.5, 0.6) is 0 Å². The van der Waals surface area contributed by atoms with E-state index in [-0.39, 0.29) is 16.8 Å². The largest absolute Gasteiger partial charge is 0.478 e. The topological polar surface area (TPSA) is 66.4 Å². The van der Waals surface area contributed by atoms with Gasteiger partial charge in [0.05, 0.1) is 16.8 Å². The van der Waals surface area contributed by atoms with Crippen molar-refractivity contribution in [1.82, 2.24) is 0 Å². The van der Waals surface area contributed by atoms with Gasteiger partial charge in [0, 0.05) is 4.47 Å². The van der Waals surface area contributed by atoms with E-state index in [4.69, 9.17) is 0 Å². The van der Waals surface area contributed by atoms with Crippen LogP contribution >= 0.6 is 15.9 Å². The van der Waals surface area contributed by atoms with Crippen LogP contribution in [0.1, 0.15) is 26.3 Å². The Kier molecular flexibility index (Phi) is 4.37. The van der Waals surface area contributed by atoms with E-state index in [0.29, 0.717) is 10.0 Å². The summed E-state index contributed by atoms with van der Waals surface area (Å²) in [6.45, 7) is 1.64. The maximum absolute atomic E-state index is 13.2. The van der Waals surface area contributed by atoms with Crippen LogP contribution in [0.25, 0.3) is 0 Å². The van der Waals surface area contributed by atoms with E-state index in [9.17, 15) is 19.1 Å². The van der Waals surface area contributed by atoms with E-state index in [0.717, 1.165) is 6.07 Å². The maximum Gasteiger partial charge on any atom is 0.338 e. The van der Waals surface area contributed by atoms with Crippen molar-refractivity contribution in [2.24, 2.45) is 0 Å². The third kappa shape index (κ3) is 3.28. The molecule has 0 bridgehead atoms. The van der Waals surface area contributed by atoms with Crippen LogP contribution in [0.3, 0.4) is 0 Å². The van der Waals surface area contributed by atoms with Crippen LogP contribution in [-0.4, -0.2) is 17.0 Å². The molecule has 0 radical (unpaired) electrons. The summed E-state index contributed by atoms with van der Waals surface area (Å²) in [4.78, 5) is 23.4. The summed E-state index contributed by atoms with van der Waals surface area (Å²) in [5.74, 6) is -2.28. The first-order valence-electron chi connectivity index (χ1n) is 5.99. The molecule has 0 aliphatic heterocycles. The zero-order valence-electron chi connectivity index (χ0n) is 11.0. The van der Waals surface area contributed by atoms with Crippen LogP contribution in [-0.2, 0) is 0 Å². The highest BCUT2D eigenvalue weighted by atomic mass is 79.9. The van der Waals surface area contributed by atoms with Gasteiger partial charge in [-0.25, -0.2) is 9.18 Å². The fraction of sp³-hybridized carbons (Fsp3) is 0.0667. The van der Waals surface area contributed by atoms with Gasteiger partial charge >= 0.3 is 5.97 Å². The molecule has 0 fully saturated rings. The van der Waals surface area contributed by atoms with Gasteiger partial charge in [0.1, 0.15) is 5.82 Å². The molecule has 4 nitrogen and oxygen atoms in total. The lowest BCUT2D eigenvalue weighted by Crippen LogP contribution is -2.16. The van der Waals surface area contributed by atoms with Crippen molar-refractivity contribution in [2.45, 2.75) is 6.92 Å². The highest BCUT2D eigenvalue weighted by Crippen LogP contribution is 2.23. The second-order valence-corrected chi connectivity index (χ2v) is 5.24. The summed E-state index contributed by atoms with van der Waals surface area (Å²) < 4.78 is 13.6. The molecule has 2 aromatic carbocycles. The summed E-state index contributed by atoms with van der Waals surface area (Å²) in [5.41, 5.74) is 0.800. The lowest BCUT2D eigenvalue weighted by molar-refractivity contribution is 0.0697. The molecule has 0 heterocycles. The van der Waals surface area contributed by atoms with E-state index in [1.807, 2.05) is 0 Å². The molecule has 1 amide bonds. The molecule has 2 N–H and O–H groups in total. The molecule has 0 aromatic heterocycles. The molecular weight excluding hydrogens is 341 g/mol. The Bertz CT molecular complexity index is 731. The first-order chi connectivity index (χ1) is 9.90. The molecule has 6 heteroatoms. The monoisotopic (exact) mass is 351 g/mol. The van der Waals surface area contributed by atoms with Crippen molar-refractivity contribution in [1.29, 1.82) is 0 Å². The Morgan fingerprint density at radius 1 is 1.24 bits per heavy atom. The Labute approximate surface area is 128 Å². The SMILES string of the molecule is Cc1cccc(NC(=O)c2cc(F)ccc2Br)c1C(=O)O. The van der Waals surface area contributed by atoms with Gasteiger partial charge in [0.2, 0.25) is 0 Å². The average molecular weight is 352 g/mol. The maximum atomic E-state index is 13.2. The Morgan fingerprint density at radius 2 is 1.95 bits per heavy atom. The van der Waals surface area contributed by atoms with E-state index >= 15 is 0 Å². The Balaban J connectivity index is 2.39. The predicted molar refractivity (Wildman–Crippen MR) is 80.2 cm³/mol. The fourth-order valence-corrected chi connectivity index (χ4v) is 2.34. The standard InChI is InChI=1S/C15H11BrFNO3/c1-8-3-2-4-12(13(8)15(20)21)18-14(19)10-7-9(17)5-6-11(10)16/h2-7H,1H3,(H,18,19)(H,20,21). The van der Waals surface area contributed by atoms with Crippen molar-refractivity contribution >= 4 is 33.5 Å². The van der Waals surface area contributed by atoms with Gasteiger partial charge < -0.3 is 10.4 Å². The van der Waals surface area contributed by atoms with Crippen LogP contribution in [0, 0.1) is 12.7 Å². The van der Waals surface area contributed by atoms with Crippen LogP contribution in [0.4, 0.5) is 10.1 Å². The average Bonchev–Trinajstić information content (AvgIpc) is 2.41. The van der Waals surface area contributed by atoms with E-state index in [2.05, 4.69) is 21.2 Å². The molecule has 0 unspecified atom stereocenters. The molecule has 0 saturated heterocycles. The number of carbonyl (C=O) groups excluding carboxylic acids is 1. The third-order valence-electron chi connectivity index (χ3n) is 2.91. The van der Waals surface area contributed by atoms with Crippen molar-refractivity contribution < 1.29 is 19.1 Å². The van der Waals surface area contributed by atoms with Gasteiger partial charge in [0.25, 0.3) is 5.91 Å². The van der Waals surface area contributed by atoms with Gasteiger partial charge in [-0.2, -0.15) is 0 Å². The zero-order valence-corrected chi connectivity index (χ0v) is 12.6. The second kappa shape index (κ2) is 6.05. The molecule has 0 atom stereocenters. The number of carboxylic acid groups (broad SMARTS) is 1. The number of anilines is 1. The smallest absolute Gasteiger partial charge is 0.338 e. The molecule has 2 rings (SSSR count). The second-order valence-electron chi connectivity index (χ2n) is 4.38. The number of amides is 1. The van der Waals surface area contributed by atoms with Gasteiger partial charge in [0.15, 0.2) is 0 Å². The van der Waals surface area contributed by atoms with E-state index < -0.39 is 17.7 Å². The first kappa shape index (κ1) is 15.2. The van der Waals surface area contributed by atoms with Crippen molar-refractivity contribution in [3.8, 4) is 0 Å². The van der Waals surface area contributed by atoms with Crippen molar-refractivity contribution in [3.63, 3.8) is 0 Å². The molecule has 0 aliphatic rings. The number of carboxylic acids is 1. The normalized spacial score (nSPS) is 10.2. The highest BCUT2D eigenvalue weighted by molar-refractivity contribution is 9.10. The molecule has 0 aliphatic carbocycles. The van der Waals surface area contributed by atoms with Gasteiger partial charge in [-0.1, -0.05) is 12.1 Å². The summed E-state index contributed by atoms with van der Waals surface area (Å²) in [7, 11) is 0. The third-order valence-corrected chi connectivity index (χ3v) is 3.60. The van der Waals surface area contributed by atoms with Crippen LogP contribution in [0.2, 0.25) is 0 Å². The van der Waals surface area contributed by atoms with Crippen molar-refractivity contribution in [2.75, 3.05) is 5.32 Å². The number of aryl methyl sites for hydroxylation is 1. The first-order valence-corrected chi connectivity index (χ1v) is 6.78. The minimum absolute atomic E-state index is 0.0124. The van der Waals surface area contributed by atoms with Gasteiger partial charge in [-0.05, 0) is 52.7 Å². The van der Waals surface area contributed by atoms with Gasteiger partial charge in [-0.15, -0.1) is 0 Å². The number of carbonyl (C=O) groups is 2. The van der Waals surface area contributed by atoms with Crippen LogP contribution < -0.4 is 5.32 Å². The predicted octanol–water partition coefficient (Wildman–Crippen LogP) is 3.85. The molecule has 0 spiro atoms. The quantitative estimate of drug-likeness (QED) is 0.882. The zero-order chi connectivity index (χ0) is 15.6. The Morgan fingerprint density at radius 3 is 2.62 bits per heavy atom.